The zero-order chi connectivity index (χ0) is 22.7. The van der Waals surface area contributed by atoms with Crippen LogP contribution in [0.3, 0.4) is 0 Å². The minimum atomic E-state index is -0.238. The van der Waals surface area contributed by atoms with Gasteiger partial charge in [0.25, 0.3) is 0 Å². The summed E-state index contributed by atoms with van der Waals surface area (Å²) in [5, 5.41) is 9.71. The van der Waals surface area contributed by atoms with Gasteiger partial charge in [-0.3, -0.25) is 4.79 Å². The van der Waals surface area contributed by atoms with Crippen LogP contribution in [0.4, 0.5) is 0 Å². The number of carbonyl (C=O) groups is 2. The minimum Gasteiger partial charge on any atom is -0.458 e. The van der Waals surface area contributed by atoms with E-state index in [1.807, 2.05) is 18.2 Å². The van der Waals surface area contributed by atoms with Crippen molar-refractivity contribution in [2.75, 3.05) is 0 Å². The van der Waals surface area contributed by atoms with Gasteiger partial charge in [-0.2, -0.15) is 5.26 Å². The van der Waals surface area contributed by atoms with E-state index in [0.29, 0.717) is 35.5 Å². The van der Waals surface area contributed by atoms with Crippen molar-refractivity contribution in [2.24, 2.45) is 46.3 Å². The van der Waals surface area contributed by atoms with Gasteiger partial charge in [0.15, 0.2) is 0 Å². The fourth-order valence-electron chi connectivity index (χ4n) is 8.67. The summed E-state index contributed by atoms with van der Waals surface area (Å²) < 4.78 is 6.00. The second kappa shape index (κ2) is 7.72. The number of hydrogen-bond acceptors (Lipinski definition) is 4. The lowest BCUT2D eigenvalue weighted by molar-refractivity contribution is -0.168. The van der Waals surface area contributed by atoms with Crippen molar-refractivity contribution in [3.8, 4) is 6.07 Å². The largest absolute Gasteiger partial charge is 0.458 e. The molecule has 0 N–H and O–H groups in total. The molecule has 5 rings (SSSR count). The van der Waals surface area contributed by atoms with Gasteiger partial charge < -0.3 is 4.74 Å². The first-order chi connectivity index (χ1) is 15.3. The van der Waals surface area contributed by atoms with E-state index in [0.717, 1.165) is 38.5 Å². The highest BCUT2D eigenvalue weighted by molar-refractivity contribution is 5.89. The Morgan fingerprint density at radius 1 is 1.03 bits per heavy atom. The molecule has 4 nitrogen and oxygen atoms in total. The molecule has 0 aliphatic heterocycles. The topological polar surface area (TPSA) is 67.2 Å². The number of hydrogen-bond donors (Lipinski definition) is 0. The molecule has 0 bridgehead atoms. The minimum absolute atomic E-state index is 0.0231. The molecule has 4 fully saturated rings. The highest BCUT2D eigenvalue weighted by atomic mass is 16.5. The van der Waals surface area contributed by atoms with Gasteiger partial charge in [0.2, 0.25) is 0 Å². The van der Waals surface area contributed by atoms with Gasteiger partial charge in [-0.25, -0.2) is 4.79 Å². The number of carbonyl (C=O) groups excluding carboxylic acids is 2. The van der Waals surface area contributed by atoms with Gasteiger partial charge in [0, 0.05) is 12.3 Å². The highest BCUT2D eigenvalue weighted by Crippen LogP contribution is 2.67. The summed E-state index contributed by atoms with van der Waals surface area (Å²) >= 11 is 0. The lowest BCUT2D eigenvalue weighted by Gasteiger charge is -2.61. The Kier molecular flexibility index (Phi) is 5.23. The Balaban J connectivity index is 1.36. The van der Waals surface area contributed by atoms with Gasteiger partial charge in [-0.1, -0.05) is 39.0 Å². The predicted octanol–water partition coefficient (Wildman–Crippen LogP) is 5.82. The number of benzene rings is 1. The van der Waals surface area contributed by atoms with E-state index < -0.39 is 0 Å². The van der Waals surface area contributed by atoms with E-state index in [4.69, 9.17) is 4.74 Å². The monoisotopic (exact) mass is 433 g/mol. The van der Waals surface area contributed by atoms with Crippen LogP contribution in [-0.2, 0) is 9.53 Å². The van der Waals surface area contributed by atoms with Gasteiger partial charge >= 0.3 is 5.97 Å². The maximum absolute atomic E-state index is 13.7. The molecular formula is C28H35NO3. The van der Waals surface area contributed by atoms with Crippen molar-refractivity contribution in [3.05, 3.63) is 35.9 Å². The summed E-state index contributed by atoms with van der Waals surface area (Å²) in [5.41, 5.74) is 0.442. The molecule has 4 heteroatoms. The molecule has 1 aromatic rings. The molecule has 0 unspecified atom stereocenters. The first kappa shape index (κ1) is 21.7. The Bertz CT molecular complexity index is 951. The predicted molar refractivity (Wildman–Crippen MR) is 121 cm³/mol. The lowest BCUT2D eigenvalue weighted by Crippen LogP contribution is -2.59. The molecule has 0 heterocycles. The van der Waals surface area contributed by atoms with Crippen LogP contribution in [0, 0.1) is 57.7 Å². The summed E-state index contributed by atoms with van der Waals surface area (Å²) in [6, 6.07) is 11.8. The van der Waals surface area contributed by atoms with Crippen molar-refractivity contribution >= 4 is 11.8 Å². The summed E-state index contributed by atoms with van der Waals surface area (Å²) in [6.45, 7) is 6.78. The number of esters is 1. The van der Waals surface area contributed by atoms with Crippen LogP contribution in [-0.4, -0.2) is 17.9 Å². The summed E-state index contributed by atoms with van der Waals surface area (Å²) in [6.07, 6.45) is 6.45. The third kappa shape index (κ3) is 3.07. The van der Waals surface area contributed by atoms with E-state index in [-0.39, 0.29) is 40.7 Å². The Labute approximate surface area is 191 Å². The van der Waals surface area contributed by atoms with Crippen LogP contribution < -0.4 is 0 Å². The standard InChI is InChI=1S/C28H35NO3/c1-17-21-12-10-20-22-11-9-19(16-29)28(22,3)15-23(30)25(20)27(21,2)14-13-24(17)32-26(31)18-7-5-4-6-8-18/h4-8,17,19-22,24-25H,9-15H2,1-3H3/t17-,19-,20+,21+,22+,24-,25-,27+,28-/m1/s1. The second-order valence-electron chi connectivity index (χ2n) is 11.6. The Hall–Kier alpha value is -2.15. The quantitative estimate of drug-likeness (QED) is 0.551. The average Bonchev–Trinajstić information content (AvgIpc) is 3.11. The molecule has 1 aromatic carbocycles. The number of ketones is 1. The third-order valence-corrected chi connectivity index (χ3v) is 10.2. The number of ether oxygens (including phenoxy) is 1. The number of Topliss-reactive ketones (excluding diaryl/α,β-unsaturated/α-hetero) is 1. The normalized spacial score (nSPS) is 45.2. The maximum Gasteiger partial charge on any atom is 0.338 e. The van der Waals surface area contributed by atoms with Crippen LogP contribution in [0.25, 0.3) is 0 Å². The van der Waals surface area contributed by atoms with E-state index in [1.165, 1.54) is 0 Å². The van der Waals surface area contributed by atoms with Gasteiger partial charge in [0.05, 0.1) is 17.6 Å². The van der Waals surface area contributed by atoms with Crippen LogP contribution in [0.1, 0.15) is 76.1 Å². The summed E-state index contributed by atoms with van der Waals surface area (Å²) in [5.74, 6) is 1.84. The number of nitrogens with zero attached hydrogens (tertiary/aromatic N) is 1. The molecule has 9 atom stereocenters. The van der Waals surface area contributed by atoms with Crippen molar-refractivity contribution < 1.29 is 14.3 Å². The smallest absolute Gasteiger partial charge is 0.338 e. The van der Waals surface area contributed by atoms with Crippen molar-refractivity contribution in [1.82, 2.24) is 0 Å². The van der Waals surface area contributed by atoms with Crippen molar-refractivity contribution in [1.29, 1.82) is 5.26 Å². The Morgan fingerprint density at radius 3 is 2.47 bits per heavy atom. The highest BCUT2D eigenvalue weighted by Gasteiger charge is 2.64. The van der Waals surface area contributed by atoms with Crippen molar-refractivity contribution in [2.45, 2.75) is 71.8 Å². The van der Waals surface area contributed by atoms with Crippen LogP contribution in [0.2, 0.25) is 0 Å². The first-order valence-corrected chi connectivity index (χ1v) is 12.5. The molecule has 0 amide bonds. The average molecular weight is 434 g/mol. The van der Waals surface area contributed by atoms with Gasteiger partial charge in [-0.05, 0) is 85.2 Å². The molecular weight excluding hydrogens is 398 g/mol. The SMILES string of the molecule is C[C@H]1[C@H](OC(=O)c2ccccc2)CC[C@@]2(C)[C@H]1CC[C@H]1[C@@H]3CC[C@H](C#N)[C@@]3(C)CC(=O)[C@@H]12. The third-order valence-electron chi connectivity index (χ3n) is 10.2. The second-order valence-corrected chi connectivity index (χ2v) is 11.6. The molecule has 0 radical (unpaired) electrons. The first-order valence-electron chi connectivity index (χ1n) is 12.5. The van der Waals surface area contributed by atoms with Crippen LogP contribution in [0.5, 0.6) is 0 Å². The number of fused-ring (bicyclic) bond motifs is 5. The Morgan fingerprint density at radius 2 is 1.75 bits per heavy atom. The number of rotatable bonds is 2. The fraction of sp³-hybridized carbons (Fsp3) is 0.679. The number of nitriles is 1. The van der Waals surface area contributed by atoms with E-state index >= 15 is 0 Å². The van der Waals surface area contributed by atoms with Gasteiger partial charge in [-0.15, -0.1) is 0 Å². The van der Waals surface area contributed by atoms with E-state index in [2.05, 4.69) is 26.8 Å². The van der Waals surface area contributed by atoms with Gasteiger partial charge in [0.1, 0.15) is 11.9 Å². The molecule has 4 saturated carbocycles. The molecule has 170 valence electrons. The molecule has 0 saturated heterocycles. The lowest BCUT2D eigenvalue weighted by atomic mass is 9.43. The zero-order valence-electron chi connectivity index (χ0n) is 19.5. The molecule has 0 aromatic heterocycles. The van der Waals surface area contributed by atoms with Crippen LogP contribution >= 0.6 is 0 Å². The fourth-order valence-corrected chi connectivity index (χ4v) is 8.67. The van der Waals surface area contributed by atoms with E-state index in [9.17, 15) is 14.9 Å². The molecule has 4 aliphatic rings. The summed E-state index contributed by atoms with van der Waals surface area (Å²) in [4.78, 5) is 26.3. The van der Waals surface area contributed by atoms with Crippen molar-refractivity contribution in [3.63, 3.8) is 0 Å². The van der Waals surface area contributed by atoms with Crippen LogP contribution in [0.15, 0.2) is 30.3 Å². The molecule has 4 aliphatic carbocycles. The summed E-state index contributed by atoms with van der Waals surface area (Å²) in [7, 11) is 0. The molecule has 0 spiro atoms. The van der Waals surface area contributed by atoms with E-state index in [1.54, 1.807) is 12.1 Å². The molecule has 32 heavy (non-hydrogen) atoms. The maximum atomic E-state index is 13.7. The zero-order valence-corrected chi connectivity index (χ0v) is 19.5.